The van der Waals surface area contributed by atoms with Crippen molar-refractivity contribution in [2.45, 2.75) is 13.0 Å². The first-order valence-electron chi connectivity index (χ1n) is 2.43. The fourth-order valence-electron chi connectivity index (χ4n) is 0.245. The summed E-state index contributed by atoms with van der Waals surface area (Å²) in [5, 5.41) is 8.26. The molecule has 0 bridgehead atoms. The Kier molecular flexibility index (Phi) is 4.21. The number of carboxylic acids is 1. The van der Waals surface area contributed by atoms with Crippen molar-refractivity contribution >= 4 is 12.4 Å². The zero-order valence-electron chi connectivity index (χ0n) is 5.58. The zero-order valence-corrected chi connectivity index (χ0v) is 7.98. The Bertz CT molecular complexity index is 128. The van der Waals surface area contributed by atoms with Gasteiger partial charge in [0.25, 0.3) is 0 Å². The number of rotatable bonds is 3. The van der Waals surface area contributed by atoms with E-state index in [1.807, 2.05) is 0 Å². The number of hydrogen-bond donors (Lipinski definition) is 1. The first-order valence-corrected chi connectivity index (χ1v) is 2.43. The summed E-state index contributed by atoms with van der Waals surface area (Å²) in [6.45, 7) is 1.41. The Morgan fingerprint density at radius 2 is 2.10 bits per heavy atom. The molecule has 64 valence electrons. The van der Waals surface area contributed by atoms with Crippen LogP contribution in [0.5, 0.6) is 0 Å². The minimum atomic E-state index is -1.03. The van der Waals surface area contributed by atoms with E-state index in [2.05, 4.69) is 0 Å². The number of hydrogen-bond acceptors (Lipinski definition) is 2. The molecular weight excluding hydrogens is 379 g/mol. The predicted molar refractivity (Wildman–Crippen MR) is 30.6 cm³/mol. The smallest absolute Gasteiger partial charge is 0.323 e. The Balaban J connectivity index is 0. The second-order valence-corrected chi connectivity index (χ2v) is 1.72. The van der Waals surface area contributed by atoms with Crippen molar-refractivity contribution in [3.05, 3.63) is 0 Å². The van der Waals surface area contributed by atoms with E-state index in [1.54, 1.807) is 0 Å². The first kappa shape index (κ1) is 10.8. The number of carboxylic acid groups (broad SMARTS) is 1. The Morgan fingerprint density at radius 1 is 1.70 bits per heavy atom. The van der Waals surface area contributed by atoms with Gasteiger partial charge in [0.15, 0.2) is 0 Å². The van der Waals surface area contributed by atoms with Gasteiger partial charge in [-0.1, -0.05) is 0 Å². The van der Waals surface area contributed by atoms with Gasteiger partial charge in [-0.05, 0) is 14.0 Å². The number of carbonyl (C=O) groups excluding carboxylic acids is 1. The molecule has 0 rings (SSSR count). The van der Waals surface area contributed by atoms with E-state index in [0.29, 0.717) is 0 Å². The largest absolute Gasteiger partial charge is 0.520 e. The third kappa shape index (κ3) is 2.30. The molecule has 0 spiro atoms. The van der Waals surface area contributed by atoms with Gasteiger partial charge < -0.3 is 14.8 Å². The monoisotopic (exact) mass is 387 g/mol. The van der Waals surface area contributed by atoms with Crippen LogP contribution in [0.3, 0.4) is 0 Å². The van der Waals surface area contributed by atoms with Crippen LogP contribution in [0.2, 0.25) is 0 Å². The van der Waals surface area contributed by atoms with E-state index in [9.17, 15) is 9.59 Å². The normalized spacial score (nSPS) is 11.0. The molecule has 0 aromatic carbocycles. The molecular formula is C5H8FmNO3-. The molecule has 0 aromatic rings. The molecule has 0 heterocycles. The van der Waals surface area contributed by atoms with Gasteiger partial charge in [-0.15, -0.1) is 0 Å². The zero-order chi connectivity index (χ0) is 7.44. The predicted octanol–water partition coefficient (Wildman–Crippen LogP) is -0.541. The molecule has 0 saturated heterocycles. The van der Waals surface area contributed by atoms with Gasteiger partial charge >= 0.3 is 5.97 Å². The van der Waals surface area contributed by atoms with Crippen molar-refractivity contribution in [2.75, 3.05) is 7.05 Å². The van der Waals surface area contributed by atoms with Crippen molar-refractivity contribution in [3.63, 3.8) is 0 Å². The molecule has 0 aliphatic carbocycles. The first-order chi connectivity index (χ1) is 4.09. The third-order valence-electron chi connectivity index (χ3n) is 1.08. The second kappa shape index (κ2) is 3.88. The standard InChI is InChI=1S/C5H8NO3.Fm/c1-4(5(8)9)6(2)3-7;/h4H,1-2H3,(H,8,9);/q-1;/t4-;/m1./s1. The molecule has 0 aliphatic heterocycles. The summed E-state index contributed by atoms with van der Waals surface area (Å²) >= 11 is 0. The summed E-state index contributed by atoms with van der Waals surface area (Å²) in [7, 11) is 1.37. The van der Waals surface area contributed by atoms with E-state index in [4.69, 9.17) is 5.11 Å². The molecule has 1 atom stereocenters. The van der Waals surface area contributed by atoms with Crippen LogP contribution < -0.4 is 0 Å². The van der Waals surface area contributed by atoms with E-state index >= 15 is 0 Å². The minimum Gasteiger partial charge on any atom is -0.520 e. The van der Waals surface area contributed by atoms with Crippen molar-refractivity contribution < 1.29 is 14.7 Å². The molecule has 4 nitrogen and oxygen atoms in total. The molecule has 0 fully saturated rings. The van der Waals surface area contributed by atoms with Crippen LogP contribution >= 0.6 is 0 Å². The topological polar surface area (TPSA) is 57.6 Å². The van der Waals surface area contributed by atoms with Crippen LogP contribution in [0.15, 0.2) is 0 Å². The van der Waals surface area contributed by atoms with Gasteiger partial charge in [-0.25, -0.2) is 0 Å². The second-order valence-electron chi connectivity index (χ2n) is 1.72. The van der Waals surface area contributed by atoms with Crippen molar-refractivity contribution in [1.82, 2.24) is 4.90 Å². The van der Waals surface area contributed by atoms with Crippen molar-refractivity contribution in [2.24, 2.45) is 0 Å². The van der Waals surface area contributed by atoms with Crippen LogP contribution in [-0.2, 0) is 9.59 Å². The van der Waals surface area contributed by atoms with Crippen LogP contribution in [0.25, 0.3) is 0 Å². The quantitative estimate of drug-likeness (QED) is 0.523. The van der Waals surface area contributed by atoms with E-state index in [-0.39, 0.29) is 0 Å². The molecule has 10 heavy (non-hydrogen) atoms. The van der Waals surface area contributed by atoms with Gasteiger partial charge in [0.05, 0.1) is 6.04 Å². The van der Waals surface area contributed by atoms with Gasteiger partial charge in [0, 0.05) is 0 Å². The molecule has 0 aliphatic rings. The number of nitrogens with zero attached hydrogens (tertiary/aromatic N) is 1. The molecule has 0 saturated carbocycles. The number of amides is 1. The van der Waals surface area contributed by atoms with E-state index in [1.165, 1.54) is 20.4 Å². The third-order valence-corrected chi connectivity index (χ3v) is 1.08. The summed E-state index contributed by atoms with van der Waals surface area (Å²) < 4.78 is 0. The van der Waals surface area contributed by atoms with Crippen LogP contribution in [0, 0.1) is 0 Å². The van der Waals surface area contributed by atoms with Crippen molar-refractivity contribution in [1.29, 1.82) is 0 Å². The maximum Gasteiger partial charge on any atom is 0.323 e. The van der Waals surface area contributed by atoms with Gasteiger partial charge in [-0.2, -0.15) is 6.41 Å². The van der Waals surface area contributed by atoms with Crippen molar-refractivity contribution in [3.8, 4) is 0 Å². The summed E-state index contributed by atoms with van der Waals surface area (Å²) in [4.78, 5) is 20.8. The Labute approximate surface area is 53.1 Å². The molecule has 5 heteroatoms. The fourth-order valence-corrected chi connectivity index (χ4v) is 0.245. The summed E-state index contributed by atoms with van der Waals surface area (Å²) in [5.74, 6) is -1.03. The summed E-state index contributed by atoms with van der Waals surface area (Å²) in [6, 6.07) is -0.789. The maximum atomic E-state index is 10.1. The average Bonchev–Trinajstić information content (AvgIpc) is 1.84. The minimum absolute atomic E-state index is 0. The van der Waals surface area contributed by atoms with E-state index in [0.717, 1.165) is 4.90 Å². The number of aliphatic carboxylic acids is 1. The van der Waals surface area contributed by atoms with Gasteiger partial charge in [0.1, 0.15) is 0 Å². The molecule has 0 aromatic heterocycles. The SMILES string of the molecule is C[C@H](C(=O)O)N(C)[C-]=O.[Fm]. The van der Waals surface area contributed by atoms with Crippen LogP contribution in [0.4, 0.5) is 0 Å². The van der Waals surface area contributed by atoms with Gasteiger partial charge in [-0.3, -0.25) is 4.79 Å². The molecule has 0 unspecified atom stereocenters. The Morgan fingerprint density at radius 3 is 2.20 bits per heavy atom. The summed E-state index contributed by atoms with van der Waals surface area (Å²) in [6.07, 6.45) is 1.45. The van der Waals surface area contributed by atoms with Gasteiger partial charge in [0.2, 0.25) is 0 Å². The fraction of sp³-hybridized carbons (Fsp3) is 0.600. The van der Waals surface area contributed by atoms with Crippen LogP contribution in [-0.4, -0.2) is 35.5 Å². The number of likely N-dealkylation sites (N-methyl/N-ethyl adjacent to an activating group) is 1. The Hall–Kier alpha value is -2.06. The van der Waals surface area contributed by atoms with Crippen LogP contribution in [0.1, 0.15) is 6.92 Å². The molecule has 0 radical (unpaired) electrons. The molecule has 1 amide bonds. The molecule has 1 N–H and O–H groups in total. The van der Waals surface area contributed by atoms with E-state index < -0.39 is 12.0 Å². The maximum absolute atomic E-state index is 10.1. The summed E-state index contributed by atoms with van der Waals surface area (Å²) in [5.41, 5.74) is 0. The number of carbonyl (C=O) groups is 1. The average molecular weight is 387 g/mol.